The van der Waals surface area contributed by atoms with Gasteiger partial charge in [-0.3, -0.25) is 9.59 Å². The van der Waals surface area contributed by atoms with Gasteiger partial charge in [-0.2, -0.15) is 5.26 Å². The van der Waals surface area contributed by atoms with Crippen LogP contribution in [0.1, 0.15) is 19.8 Å². The number of carbonyl (C=O) groups excluding carboxylic acids is 2. The topological polar surface area (TPSA) is 91.2 Å². The second kappa shape index (κ2) is 9.60. The third-order valence-corrected chi connectivity index (χ3v) is 2.16. The molecule has 6 nitrogen and oxygen atoms in total. The van der Waals surface area contributed by atoms with E-state index < -0.39 is 5.92 Å². The van der Waals surface area contributed by atoms with Crippen molar-refractivity contribution in [3.05, 3.63) is 0 Å². The highest BCUT2D eigenvalue weighted by molar-refractivity contribution is 5.82. The molecular weight excluding hydrogens is 222 g/mol. The Morgan fingerprint density at radius 1 is 1.35 bits per heavy atom. The van der Waals surface area contributed by atoms with Gasteiger partial charge in [0.05, 0.1) is 12.7 Å². The first-order valence-corrected chi connectivity index (χ1v) is 5.58. The minimum absolute atomic E-state index is 0.146. The third kappa shape index (κ3) is 7.30. The van der Waals surface area contributed by atoms with Crippen LogP contribution >= 0.6 is 0 Å². The summed E-state index contributed by atoms with van der Waals surface area (Å²) < 4.78 is 4.77. The Kier molecular flexibility index (Phi) is 8.69. The highest BCUT2D eigenvalue weighted by Crippen LogP contribution is 1.99. The molecule has 0 aromatic heterocycles. The number of nitrogens with one attached hydrogen (secondary N) is 2. The molecule has 96 valence electrons. The Morgan fingerprint density at radius 2 is 2.06 bits per heavy atom. The van der Waals surface area contributed by atoms with Gasteiger partial charge in [-0.05, 0) is 6.42 Å². The number of hydrogen-bond acceptors (Lipinski definition) is 4. The zero-order chi connectivity index (χ0) is 13.1. The summed E-state index contributed by atoms with van der Waals surface area (Å²) >= 11 is 0. The van der Waals surface area contributed by atoms with Crippen molar-refractivity contribution < 1.29 is 14.3 Å². The van der Waals surface area contributed by atoms with Crippen molar-refractivity contribution in [1.82, 2.24) is 10.6 Å². The number of carbonyl (C=O) groups is 2. The Hall–Kier alpha value is -1.61. The fourth-order valence-electron chi connectivity index (χ4n) is 1.14. The highest BCUT2D eigenvalue weighted by atomic mass is 16.5. The van der Waals surface area contributed by atoms with Gasteiger partial charge in [-0.15, -0.1) is 0 Å². The Morgan fingerprint density at radius 3 is 2.59 bits per heavy atom. The van der Waals surface area contributed by atoms with Crippen LogP contribution in [-0.4, -0.2) is 38.6 Å². The summed E-state index contributed by atoms with van der Waals surface area (Å²) in [5.41, 5.74) is 0. The minimum atomic E-state index is -0.633. The molecule has 0 radical (unpaired) electrons. The van der Waals surface area contributed by atoms with Crippen LogP contribution in [0.2, 0.25) is 0 Å². The molecule has 0 aliphatic rings. The summed E-state index contributed by atoms with van der Waals surface area (Å²) in [4.78, 5) is 22.6. The summed E-state index contributed by atoms with van der Waals surface area (Å²) in [7, 11) is 1.55. The number of nitrogens with zero attached hydrogens (tertiary/aromatic N) is 1. The number of amides is 2. The molecule has 2 amide bonds. The van der Waals surface area contributed by atoms with E-state index in [4.69, 9.17) is 10.00 Å². The summed E-state index contributed by atoms with van der Waals surface area (Å²) in [5, 5.41) is 13.8. The van der Waals surface area contributed by atoms with E-state index in [1.165, 1.54) is 0 Å². The van der Waals surface area contributed by atoms with E-state index in [-0.39, 0.29) is 24.8 Å². The quantitative estimate of drug-likeness (QED) is 0.576. The van der Waals surface area contributed by atoms with E-state index in [0.717, 1.165) is 0 Å². The van der Waals surface area contributed by atoms with Crippen molar-refractivity contribution in [3.63, 3.8) is 0 Å². The Balaban J connectivity index is 3.66. The molecule has 1 atom stereocenters. The molecule has 1 unspecified atom stereocenters. The lowest BCUT2D eigenvalue weighted by molar-refractivity contribution is -0.124. The summed E-state index contributed by atoms with van der Waals surface area (Å²) in [6.45, 7) is 2.93. The maximum atomic E-state index is 11.4. The van der Waals surface area contributed by atoms with Crippen molar-refractivity contribution in [2.75, 3.05) is 26.8 Å². The number of nitriles is 1. The lowest BCUT2D eigenvalue weighted by Crippen LogP contribution is -2.34. The number of hydrogen-bond donors (Lipinski definition) is 2. The maximum Gasteiger partial charge on any atom is 0.237 e. The van der Waals surface area contributed by atoms with E-state index in [1.54, 1.807) is 14.0 Å². The highest BCUT2D eigenvalue weighted by Gasteiger charge is 2.14. The smallest absolute Gasteiger partial charge is 0.237 e. The van der Waals surface area contributed by atoms with Gasteiger partial charge in [-0.1, -0.05) is 6.92 Å². The second-order valence-electron chi connectivity index (χ2n) is 3.47. The lowest BCUT2D eigenvalue weighted by Gasteiger charge is -2.08. The molecule has 0 saturated heterocycles. The number of rotatable bonds is 8. The van der Waals surface area contributed by atoms with E-state index in [9.17, 15) is 9.59 Å². The summed E-state index contributed by atoms with van der Waals surface area (Å²) in [6.07, 6.45) is 0.680. The standard InChI is InChI=1S/C11H19N3O3/c1-3-9(8-12)11(16)14-5-4-10(15)13-6-7-17-2/h9H,3-7H2,1-2H3,(H,13,15)(H,14,16). The fraction of sp³-hybridized carbons (Fsp3) is 0.727. The predicted molar refractivity (Wildman–Crippen MR) is 61.9 cm³/mol. The van der Waals surface area contributed by atoms with Crippen molar-refractivity contribution in [2.24, 2.45) is 5.92 Å². The maximum absolute atomic E-state index is 11.4. The van der Waals surface area contributed by atoms with Gasteiger partial charge in [0.2, 0.25) is 11.8 Å². The van der Waals surface area contributed by atoms with Crippen LogP contribution in [0.15, 0.2) is 0 Å². The van der Waals surface area contributed by atoms with Crippen LogP contribution in [0, 0.1) is 17.2 Å². The molecule has 0 fully saturated rings. The molecular formula is C11H19N3O3. The van der Waals surface area contributed by atoms with Gasteiger partial charge in [0.25, 0.3) is 0 Å². The molecule has 0 aromatic rings. The van der Waals surface area contributed by atoms with Crippen molar-refractivity contribution in [2.45, 2.75) is 19.8 Å². The van der Waals surface area contributed by atoms with Crippen LogP contribution < -0.4 is 10.6 Å². The van der Waals surface area contributed by atoms with E-state index in [2.05, 4.69) is 10.6 Å². The van der Waals surface area contributed by atoms with Crippen LogP contribution in [-0.2, 0) is 14.3 Å². The van der Waals surface area contributed by atoms with E-state index in [0.29, 0.717) is 19.6 Å². The van der Waals surface area contributed by atoms with Crippen molar-refractivity contribution >= 4 is 11.8 Å². The van der Waals surface area contributed by atoms with Crippen molar-refractivity contribution in [3.8, 4) is 6.07 Å². The van der Waals surface area contributed by atoms with Crippen LogP contribution in [0.3, 0.4) is 0 Å². The minimum Gasteiger partial charge on any atom is -0.383 e. The Labute approximate surface area is 101 Å². The largest absolute Gasteiger partial charge is 0.383 e. The average Bonchev–Trinajstić information content (AvgIpc) is 2.31. The van der Waals surface area contributed by atoms with Gasteiger partial charge in [0.1, 0.15) is 5.92 Å². The molecule has 0 spiro atoms. The molecule has 2 N–H and O–H groups in total. The van der Waals surface area contributed by atoms with Crippen LogP contribution in [0.25, 0.3) is 0 Å². The van der Waals surface area contributed by atoms with Gasteiger partial charge in [0.15, 0.2) is 0 Å². The van der Waals surface area contributed by atoms with Gasteiger partial charge >= 0.3 is 0 Å². The normalized spacial score (nSPS) is 11.4. The summed E-state index contributed by atoms with van der Waals surface area (Å²) in [5.74, 6) is -1.10. The molecule has 17 heavy (non-hydrogen) atoms. The van der Waals surface area contributed by atoms with Crippen LogP contribution in [0.4, 0.5) is 0 Å². The van der Waals surface area contributed by atoms with E-state index in [1.807, 2.05) is 6.07 Å². The lowest BCUT2D eigenvalue weighted by atomic mass is 10.1. The molecule has 0 aliphatic heterocycles. The fourth-order valence-corrected chi connectivity index (χ4v) is 1.14. The summed E-state index contributed by atoms with van der Waals surface area (Å²) in [6, 6.07) is 1.90. The second-order valence-corrected chi connectivity index (χ2v) is 3.47. The first-order valence-electron chi connectivity index (χ1n) is 5.58. The van der Waals surface area contributed by atoms with Gasteiger partial charge < -0.3 is 15.4 Å². The van der Waals surface area contributed by atoms with E-state index >= 15 is 0 Å². The zero-order valence-corrected chi connectivity index (χ0v) is 10.3. The zero-order valence-electron chi connectivity index (χ0n) is 10.3. The SMILES string of the molecule is CCC(C#N)C(=O)NCCC(=O)NCCOC. The van der Waals surface area contributed by atoms with Gasteiger partial charge in [0, 0.05) is 26.6 Å². The monoisotopic (exact) mass is 241 g/mol. The average molecular weight is 241 g/mol. The van der Waals surface area contributed by atoms with Crippen molar-refractivity contribution in [1.29, 1.82) is 5.26 Å². The molecule has 0 aromatic carbocycles. The third-order valence-electron chi connectivity index (χ3n) is 2.16. The molecule has 6 heteroatoms. The number of methoxy groups -OCH3 is 1. The molecule has 0 heterocycles. The molecule has 0 aliphatic carbocycles. The molecule has 0 bridgehead atoms. The number of ether oxygens (including phenoxy) is 1. The molecule has 0 saturated carbocycles. The predicted octanol–water partition coefficient (Wildman–Crippen LogP) is -0.195. The molecule has 0 rings (SSSR count). The van der Waals surface area contributed by atoms with Gasteiger partial charge in [-0.25, -0.2) is 0 Å². The Bertz CT molecular complexity index is 286. The van der Waals surface area contributed by atoms with Crippen LogP contribution in [0.5, 0.6) is 0 Å². The first-order chi connectivity index (χ1) is 8.15. The first kappa shape index (κ1) is 15.4.